The molecule has 172 valence electrons. The summed E-state index contributed by atoms with van der Waals surface area (Å²) in [7, 11) is 0. The largest absolute Gasteiger partial charge is 0.480 e. The van der Waals surface area contributed by atoms with Gasteiger partial charge in [-0.25, -0.2) is 5.06 Å². The van der Waals surface area contributed by atoms with Gasteiger partial charge in [0, 0.05) is 16.6 Å². The van der Waals surface area contributed by atoms with E-state index < -0.39 is 47.9 Å². The Bertz CT molecular complexity index is 782. The van der Waals surface area contributed by atoms with Gasteiger partial charge in [-0.1, -0.05) is 15.9 Å². The van der Waals surface area contributed by atoms with Crippen LogP contribution < -0.4 is 21.4 Å². The minimum atomic E-state index is -1.51. The lowest BCUT2D eigenvalue weighted by molar-refractivity contribution is -0.139. The molecule has 3 atom stereocenters. The first-order valence-electron chi connectivity index (χ1n) is 8.81. The molecule has 0 heterocycles. The molecule has 1 aromatic carbocycles. The molecule has 0 aliphatic heterocycles. The molecule has 0 spiro atoms. The molecule has 8 N–H and O–H groups in total. The highest BCUT2D eigenvalue weighted by atomic mass is 79.9. The summed E-state index contributed by atoms with van der Waals surface area (Å²) in [6.45, 7) is -0.687. The molecular weight excluding hydrogens is 500 g/mol. The summed E-state index contributed by atoms with van der Waals surface area (Å²) >= 11 is 3.94. The number of hydroxylamine groups is 1. The zero-order valence-corrected chi connectivity index (χ0v) is 18.5. The van der Waals surface area contributed by atoms with E-state index in [4.69, 9.17) is 15.9 Å². The highest BCUT2D eigenvalue weighted by Crippen LogP contribution is 2.22. The number of benzene rings is 1. The van der Waals surface area contributed by atoms with Crippen molar-refractivity contribution in [1.29, 1.82) is 0 Å². The minimum Gasteiger partial charge on any atom is -0.480 e. The summed E-state index contributed by atoms with van der Waals surface area (Å²) in [5.74, 6) is -4.31. The van der Waals surface area contributed by atoms with Gasteiger partial charge in [0.2, 0.25) is 11.8 Å². The third-order valence-corrected chi connectivity index (χ3v) is 5.33. The number of aliphatic carboxylic acids is 2. The number of carbonyl (C=O) groups is 4. The highest BCUT2D eigenvalue weighted by Gasteiger charge is 2.25. The summed E-state index contributed by atoms with van der Waals surface area (Å²) in [5.41, 5.74) is 4.09. The van der Waals surface area contributed by atoms with Crippen LogP contribution in [-0.4, -0.2) is 74.2 Å². The van der Waals surface area contributed by atoms with Gasteiger partial charge >= 0.3 is 11.9 Å². The summed E-state index contributed by atoms with van der Waals surface area (Å²) in [5, 5.41) is 42.7. The SMILES string of the molecule is N[C@@H](CCC(=O)N[C@@H](CSC(O)N(O)c1ccc(Br)cc1)C(=O)NCC(=O)O)C(=O)O. The maximum absolute atomic E-state index is 12.2. The highest BCUT2D eigenvalue weighted by molar-refractivity contribution is 9.10. The van der Waals surface area contributed by atoms with Gasteiger partial charge in [0.1, 0.15) is 18.6 Å². The van der Waals surface area contributed by atoms with Gasteiger partial charge in [-0.3, -0.25) is 24.4 Å². The standard InChI is InChI=1S/C17H23BrN4O8S/c18-9-1-3-10(4-2-9)22(30)17(29)31-8-12(15(26)20-7-14(24)25)21-13(23)6-5-11(19)16(27)28/h1-4,11-12,17,29-30H,5-8,19H2,(H,20,26)(H,21,23)(H,24,25)(H,27,28)/t11-,12-,17?/m0/s1. The molecule has 31 heavy (non-hydrogen) atoms. The number of carbonyl (C=O) groups excluding carboxylic acids is 2. The van der Waals surface area contributed by atoms with Crippen LogP contribution in [0.25, 0.3) is 0 Å². The van der Waals surface area contributed by atoms with Crippen molar-refractivity contribution in [3.63, 3.8) is 0 Å². The smallest absolute Gasteiger partial charge is 0.322 e. The number of hydrogen-bond acceptors (Lipinski definition) is 9. The number of aliphatic hydroxyl groups excluding tert-OH is 1. The third kappa shape index (κ3) is 9.97. The number of hydrogen-bond donors (Lipinski definition) is 7. The number of amides is 2. The Hall–Kier alpha value is -2.39. The number of anilines is 1. The van der Waals surface area contributed by atoms with Crippen LogP contribution in [0.5, 0.6) is 0 Å². The van der Waals surface area contributed by atoms with Crippen LogP contribution in [0.15, 0.2) is 28.7 Å². The molecule has 1 aromatic rings. The Morgan fingerprint density at radius 1 is 1.16 bits per heavy atom. The van der Waals surface area contributed by atoms with Crippen molar-refractivity contribution in [3.05, 3.63) is 28.7 Å². The summed E-state index contributed by atoms with van der Waals surface area (Å²) in [6.07, 6.45) is -0.456. The van der Waals surface area contributed by atoms with Crippen molar-refractivity contribution in [2.24, 2.45) is 5.73 Å². The molecule has 2 amide bonds. The zero-order valence-electron chi connectivity index (χ0n) is 16.1. The molecule has 0 aliphatic carbocycles. The van der Waals surface area contributed by atoms with Gasteiger partial charge in [0.25, 0.3) is 0 Å². The molecule has 0 aromatic heterocycles. The van der Waals surface area contributed by atoms with Crippen molar-refractivity contribution >= 4 is 57.1 Å². The van der Waals surface area contributed by atoms with Crippen LogP contribution in [-0.2, 0) is 19.2 Å². The van der Waals surface area contributed by atoms with Crippen molar-refractivity contribution < 1.29 is 39.7 Å². The average Bonchev–Trinajstić information content (AvgIpc) is 2.72. The van der Waals surface area contributed by atoms with Crippen LogP contribution in [0.1, 0.15) is 12.8 Å². The van der Waals surface area contributed by atoms with Crippen molar-refractivity contribution in [3.8, 4) is 0 Å². The van der Waals surface area contributed by atoms with E-state index in [1.807, 2.05) is 0 Å². The van der Waals surface area contributed by atoms with E-state index in [1.165, 1.54) is 12.1 Å². The second-order valence-corrected chi connectivity index (χ2v) is 8.20. The second-order valence-electron chi connectivity index (χ2n) is 6.20. The first-order chi connectivity index (χ1) is 14.5. The Labute approximate surface area is 189 Å². The normalized spacial score (nSPS) is 13.5. The first-order valence-corrected chi connectivity index (χ1v) is 10.7. The first kappa shape index (κ1) is 26.6. The molecule has 0 bridgehead atoms. The van der Waals surface area contributed by atoms with Gasteiger partial charge in [0.15, 0.2) is 5.56 Å². The fourth-order valence-electron chi connectivity index (χ4n) is 2.12. The van der Waals surface area contributed by atoms with Crippen LogP contribution in [0.3, 0.4) is 0 Å². The van der Waals surface area contributed by atoms with Crippen LogP contribution >= 0.6 is 27.7 Å². The number of halogens is 1. The lowest BCUT2D eigenvalue weighted by Crippen LogP contribution is -2.50. The van der Waals surface area contributed by atoms with E-state index in [9.17, 15) is 29.5 Å². The number of thioether (sulfide) groups is 1. The lowest BCUT2D eigenvalue weighted by Gasteiger charge is -2.25. The number of carboxylic acid groups (broad SMARTS) is 2. The van der Waals surface area contributed by atoms with E-state index in [-0.39, 0.29) is 24.3 Å². The van der Waals surface area contributed by atoms with E-state index >= 15 is 0 Å². The van der Waals surface area contributed by atoms with Crippen molar-refractivity contribution in [2.45, 2.75) is 30.5 Å². The number of nitrogens with one attached hydrogen (secondary N) is 2. The number of aliphatic hydroxyl groups is 1. The number of carboxylic acids is 2. The average molecular weight is 523 g/mol. The Kier molecular flexibility index (Phi) is 11.3. The Morgan fingerprint density at radius 2 is 1.77 bits per heavy atom. The van der Waals surface area contributed by atoms with Gasteiger partial charge in [-0.05, 0) is 30.7 Å². The van der Waals surface area contributed by atoms with E-state index in [0.29, 0.717) is 16.8 Å². The molecule has 0 fully saturated rings. The molecular formula is C17H23BrN4O8S. The summed E-state index contributed by atoms with van der Waals surface area (Å²) in [4.78, 5) is 45.7. The van der Waals surface area contributed by atoms with Gasteiger partial charge in [0.05, 0.1) is 5.69 Å². The Morgan fingerprint density at radius 3 is 2.32 bits per heavy atom. The lowest BCUT2D eigenvalue weighted by atomic mass is 10.1. The molecule has 0 aliphatic rings. The van der Waals surface area contributed by atoms with Gasteiger partial charge < -0.3 is 31.7 Å². The maximum Gasteiger partial charge on any atom is 0.322 e. The van der Waals surface area contributed by atoms with E-state index in [1.54, 1.807) is 12.1 Å². The zero-order chi connectivity index (χ0) is 23.6. The summed E-state index contributed by atoms with van der Waals surface area (Å²) < 4.78 is 0.757. The van der Waals surface area contributed by atoms with E-state index in [0.717, 1.165) is 4.47 Å². The molecule has 1 unspecified atom stereocenters. The van der Waals surface area contributed by atoms with Crippen LogP contribution in [0, 0.1) is 0 Å². The maximum atomic E-state index is 12.2. The molecule has 0 saturated heterocycles. The van der Waals surface area contributed by atoms with Gasteiger partial charge in [-0.15, -0.1) is 11.8 Å². The number of nitrogens with zero attached hydrogens (tertiary/aromatic N) is 1. The quantitative estimate of drug-likeness (QED) is 0.130. The molecule has 12 nitrogen and oxygen atoms in total. The fraction of sp³-hybridized carbons (Fsp3) is 0.412. The topological polar surface area (TPSA) is 203 Å². The monoisotopic (exact) mass is 522 g/mol. The summed E-state index contributed by atoms with van der Waals surface area (Å²) in [6, 6.07) is 3.82. The molecule has 14 heteroatoms. The predicted molar refractivity (Wildman–Crippen MR) is 114 cm³/mol. The van der Waals surface area contributed by atoms with Gasteiger partial charge in [-0.2, -0.15) is 0 Å². The van der Waals surface area contributed by atoms with Crippen LogP contribution in [0.2, 0.25) is 0 Å². The Balaban J connectivity index is 2.72. The third-order valence-electron chi connectivity index (χ3n) is 3.78. The fourth-order valence-corrected chi connectivity index (χ4v) is 3.25. The molecule has 0 saturated carbocycles. The van der Waals surface area contributed by atoms with Crippen LogP contribution in [0.4, 0.5) is 5.69 Å². The van der Waals surface area contributed by atoms with E-state index in [2.05, 4.69) is 26.6 Å². The molecule has 1 rings (SSSR count). The number of rotatable bonds is 13. The van der Waals surface area contributed by atoms with Crippen molar-refractivity contribution in [1.82, 2.24) is 10.6 Å². The minimum absolute atomic E-state index is 0.172. The number of nitrogens with two attached hydrogens (primary N) is 1. The predicted octanol–water partition coefficient (Wildman–Crippen LogP) is -0.468. The molecule has 0 radical (unpaired) electrons. The van der Waals surface area contributed by atoms with Crippen molar-refractivity contribution in [2.75, 3.05) is 17.4 Å². The second kappa shape index (κ2) is 13.1.